The van der Waals surface area contributed by atoms with E-state index in [4.69, 9.17) is 9.47 Å². The van der Waals surface area contributed by atoms with Crippen molar-refractivity contribution in [1.29, 1.82) is 0 Å². The number of ether oxygens (including phenoxy) is 2. The second kappa shape index (κ2) is 8.72. The lowest BCUT2D eigenvalue weighted by atomic mass is 10.1. The molecule has 0 atom stereocenters. The van der Waals surface area contributed by atoms with Crippen LogP contribution in [0.25, 0.3) is 0 Å². The number of carbonyl (C=O) groups is 2. The Hall–Kier alpha value is -2.82. The largest absolute Gasteiger partial charge is 0.494 e. The molecule has 24 heavy (non-hydrogen) atoms. The van der Waals surface area contributed by atoms with Crippen molar-refractivity contribution in [3.8, 4) is 5.75 Å². The number of amides is 1. The molecule has 1 amide bonds. The van der Waals surface area contributed by atoms with Crippen molar-refractivity contribution in [2.24, 2.45) is 0 Å². The fraction of sp³-hybridized carbons (Fsp3) is 0.263. The number of hydrogen-bond acceptors (Lipinski definition) is 4. The lowest BCUT2D eigenvalue weighted by molar-refractivity contribution is -0.116. The topological polar surface area (TPSA) is 64.6 Å². The zero-order chi connectivity index (χ0) is 17.4. The Kier molecular flexibility index (Phi) is 6.37. The highest BCUT2D eigenvalue weighted by Crippen LogP contribution is 2.20. The quantitative estimate of drug-likeness (QED) is 0.791. The van der Waals surface area contributed by atoms with Crippen molar-refractivity contribution < 1.29 is 19.1 Å². The van der Waals surface area contributed by atoms with E-state index >= 15 is 0 Å². The molecule has 0 heterocycles. The molecular formula is C19H21NO4. The van der Waals surface area contributed by atoms with E-state index in [0.29, 0.717) is 30.7 Å². The average Bonchev–Trinajstić information content (AvgIpc) is 2.61. The molecule has 2 rings (SSSR count). The maximum absolute atomic E-state index is 12.2. The van der Waals surface area contributed by atoms with Gasteiger partial charge in [-0.3, -0.25) is 4.79 Å². The molecule has 2 aromatic carbocycles. The fourth-order valence-electron chi connectivity index (χ4n) is 2.35. The first-order chi connectivity index (χ1) is 11.7. The molecule has 0 saturated carbocycles. The first kappa shape index (κ1) is 17.5. The van der Waals surface area contributed by atoms with Gasteiger partial charge in [-0.1, -0.05) is 30.3 Å². The van der Waals surface area contributed by atoms with Gasteiger partial charge in [-0.25, -0.2) is 4.79 Å². The molecule has 0 aromatic heterocycles. The van der Waals surface area contributed by atoms with E-state index in [9.17, 15) is 9.59 Å². The zero-order valence-corrected chi connectivity index (χ0v) is 13.9. The second-order valence-corrected chi connectivity index (χ2v) is 5.13. The summed E-state index contributed by atoms with van der Waals surface area (Å²) in [6.45, 7) is 2.50. The second-order valence-electron chi connectivity index (χ2n) is 5.13. The van der Waals surface area contributed by atoms with Crippen molar-refractivity contribution in [2.75, 3.05) is 19.0 Å². The smallest absolute Gasteiger partial charge is 0.339 e. The number of anilines is 1. The number of rotatable bonds is 7. The molecule has 0 saturated heterocycles. The number of hydrogen-bond donors (Lipinski definition) is 1. The molecule has 0 aliphatic heterocycles. The van der Waals surface area contributed by atoms with Crippen molar-refractivity contribution in [3.05, 3.63) is 59.7 Å². The monoisotopic (exact) mass is 327 g/mol. The number of esters is 1. The van der Waals surface area contributed by atoms with Gasteiger partial charge in [0.2, 0.25) is 5.91 Å². The van der Waals surface area contributed by atoms with Gasteiger partial charge in [-0.05, 0) is 37.1 Å². The van der Waals surface area contributed by atoms with Crippen LogP contribution in [0.2, 0.25) is 0 Å². The fourth-order valence-corrected chi connectivity index (χ4v) is 2.35. The summed E-state index contributed by atoms with van der Waals surface area (Å²) in [4.78, 5) is 23.9. The zero-order valence-electron chi connectivity index (χ0n) is 13.9. The normalized spacial score (nSPS) is 10.1. The molecule has 0 aliphatic rings. The summed E-state index contributed by atoms with van der Waals surface area (Å²) >= 11 is 0. The van der Waals surface area contributed by atoms with Crippen LogP contribution in [-0.4, -0.2) is 25.6 Å². The van der Waals surface area contributed by atoms with Crippen molar-refractivity contribution in [3.63, 3.8) is 0 Å². The molecule has 126 valence electrons. The van der Waals surface area contributed by atoms with Gasteiger partial charge in [0.05, 0.1) is 25.0 Å². The van der Waals surface area contributed by atoms with Gasteiger partial charge in [0.15, 0.2) is 0 Å². The van der Waals surface area contributed by atoms with Gasteiger partial charge < -0.3 is 14.8 Å². The highest BCUT2D eigenvalue weighted by molar-refractivity contribution is 6.01. The van der Waals surface area contributed by atoms with E-state index < -0.39 is 5.97 Å². The van der Waals surface area contributed by atoms with E-state index in [1.165, 1.54) is 7.11 Å². The van der Waals surface area contributed by atoms with Crippen LogP contribution in [0.5, 0.6) is 5.75 Å². The van der Waals surface area contributed by atoms with Crippen molar-refractivity contribution in [2.45, 2.75) is 19.8 Å². The lowest BCUT2D eigenvalue weighted by Crippen LogP contribution is -2.15. The predicted molar refractivity (Wildman–Crippen MR) is 92.3 cm³/mol. The summed E-state index contributed by atoms with van der Waals surface area (Å²) in [7, 11) is 1.31. The van der Waals surface area contributed by atoms with Crippen LogP contribution in [0.3, 0.4) is 0 Å². The van der Waals surface area contributed by atoms with E-state index in [0.717, 1.165) is 11.3 Å². The van der Waals surface area contributed by atoms with Crippen LogP contribution in [0, 0.1) is 0 Å². The molecule has 5 heteroatoms. The first-order valence-electron chi connectivity index (χ1n) is 7.83. The minimum Gasteiger partial charge on any atom is -0.494 e. The van der Waals surface area contributed by atoms with Gasteiger partial charge in [0.25, 0.3) is 0 Å². The molecular weight excluding hydrogens is 306 g/mol. The van der Waals surface area contributed by atoms with Crippen LogP contribution >= 0.6 is 0 Å². The minimum atomic E-state index is -0.479. The summed E-state index contributed by atoms with van der Waals surface area (Å²) in [6.07, 6.45) is 0.849. The standard InChI is InChI=1S/C19H21NO4/c1-3-24-17-11-7-4-8-14(17)12-13-18(21)20-16-10-6-5-9-15(16)19(22)23-2/h4-11H,3,12-13H2,1-2H3,(H,20,21). The maximum atomic E-state index is 12.2. The third-order valence-electron chi connectivity index (χ3n) is 3.50. The van der Waals surface area contributed by atoms with Gasteiger partial charge in [-0.2, -0.15) is 0 Å². The van der Waals surface area contributed by atoms with Crippen LogP contribution in [0.15, 0.2) is 48.5 Å². The molecule has 0 bridgehead atoms. The van der Waals surface area contributed by atoms with E-state index in [2.05, 4.69) is 5.32 Å². The van der Waals surface area contributed by atoms with Crippen molar-refractivity contribution >= 4 is 17.6 Å². The summed E-state index contributed by atoms with van der Waals surface area (Å²) in [5, 5.41) is 2.77. The summed E-state index contributed by atoms with van der Waals surface area (Å²) in [6, 6.07) is 14.4. The SMILES string of the molecule is CCOc1ccccc1CCC(=O)Nc1ccccc1C(=O)OC. The van der Waals surface area contributed by atoms with Crippen LogP contribution < -0.4 is 10.1 Å². The number of methoxy groups -OCH3 is 1. The Morgan fingerprint density at radius 3 is 2.50 bits per heavy atom. The molecule has 1 N–H and O–H groups in total. The summed E-state index contributed by atoms with van der Waals surface area (Å²) < 4.78 is 10.3. The minimum absolute atomic E-state index is 0.169. The first-order valence-corrected chi connectivity index (χ1v) is 7.83. The number of aryl methyl sites for hydroxylation is 1. The van der Waals surface area contributed by atoms with Gasteiger partial charge >= 0.3 is 5.97 Å². The van der Waals surface area contributed by atoms with Crippen LogP contribution in [0.4, 0.5) is 5.69 Å². The Balaban J connectivity index is 2.01. The summed E-state index contributed by atoms with van der Waals surface area (Å²) in [5.41, 5.74) is 1.77. The van der Waals surface area contributed by atoms with Gasteiger partial charge in [0.1, 0.15) is 5.75 Å². The van der Waals surface area contributed by atoms with Gasteiger partial charge in [-0.15, -0.1) is 0 Å². The Bertz CT molecular complexity index is 712. The molecule has 5 nitrogen and oxygen atoms in total. The molecule has 0 spiro atoms. The number of carbonyl (C=O) groups excluding carboxylic acids is 2. The molecule has 0 aliphatic carbocycles. The molecule has 0 fully saturated rings. The lowest BCUT2D eigenvalue weighted by Gasteiger charge is -2.11. The Morgan fingerprint density at radius 1 is 1.04 bits per heavy atom. The van der Waals surface area contributed by atoms with Gasteiger partial charge in [0, 0.05) is 6.42 Å². The third kappa shape index (κ3) is 4.59. The number of para-hydroxylation sites is 2. The maximum Gasteiger partial charge on any atom is 0.339 e. The molecule has 0 unspecified atom stereocenters. The third-order valence-corrected chi connectivity index (χ3v) is 3.50. The summed E-state index contributed by atoms with van der Waals surface area (Å²) in [5.74, 6) is 0.146. The predicted octanol–water partition coefficient (Wildman–Crippen LogP) is 3.44. The highest BCUT2D eigenvalue weighted by atomic mass is 16.5. The van der Waals surface area contributed by atoms with Crippen molar-refractivity contribution in [1.82, 2.24) is 0 Å². The highest BCUT2D eigenvalue weighted by Gasteiger charge is 2.13. The number of nitrogens with one attached hydrogen (secondary N) is 1. The van der Waals surface area contributed by atoms with Crippen LogP contribution in [0.1, 0.15) is 29.3 Å². The van der Waals surface area contributed by atoms with E-state index in [-0.39, 0.29) is 5.91 Å². The molecule has 0 radical (unpaired) electrons. The Morgan fingerprint density at radius 2 is 1.75 bits per heavy atom. The van der Waals surface area contributed by atoms with E-state index in [1.807, 2.05) is 31.2 Å². The Labute approximate surface area is 141 Å². The number of benzene rings is 2. The van der Waals surface area contributed by atoms with E-state index in [1.54, 1.807) is 24.3 Å². The average molecular weight is 327 g/mol. The molecule has 2 aromatic rings. The van der Waals surface area contributed by atoms with Crippen LogP contribution in [-0.2, 0) is 16.0 Å².